The Balaban J connectivity index is 1.44. The molecule has 6 nitrogen and oxygen atoms in total. The van der Waals surface area contributed by atoms with Crippen LogP contribution < -0.4 is 10.3 Å². The van der Waals surface area contributed by atoms with Crippen LogP contribution in [0.3, 0.4) is 0 Å². The van der Waals surface area contributed by atoms with Gasteiger partial charge in [0.2, 0.25) is 10.0 Å². The molecule has 0 unspecified atom stereocenters. The summed E-state index contributed by atoms with van der Waals surface area (Å²) >= 11 is 3.29. The number of pyridine rings is 1. The number of sulfonamides is 1. The third-order valence-electron chi connectivity index (χ3n) is 4.72. The van der Waals surface area contributed by atoms with Gasteiger partial charge in [-0.1, -0.05) is 12.1 Å². The summed E-state index contributed by atoms with van der Waals surface area (Å²) in [5.41, 5.74) is 0.825. The number of benzene rings is 1. The zero-order valence-corrected chi connectivity index (χ0v) is 16.7. The Kier molecular flexibility index (Phi) is 4.45. The highest BCUT2D eigenvalue weighted by Crippen LogP contribution is 2.35. The molecule has 0 N–H and O–H groups in total. The highest BCUT2D eigenvalue weighted by atomic mass is 79.9. The van der Waals surface area contributed by atoms with Crippen molar-refractivity contribution in [3.8, 4) is 5.75 Å². The Morgan fingerprint density at radius 1 is 1.15 bits per heavy atom. The third kappa shape index (κ3) is 3.21. The molecule has 1 saturated heterocycles. The Bertz CT molecular complexity index is 1010. The molecule has 4 rings (SSSR count). The van der Waals surface area contributed by atoms with Gasteiger partial charge in [0.1, 0.15) is 11.9 Å². The van der Waals surface area contributed by atoms with Gasteiger partial charge in [0, 0.05) is 22.3 Å². The summed E-state index contributed by atoms with van der Waals surface area (Å²) in [7, 11) is -3.54. The van der Waals surface area contributed by atoms with Crippen molar-refractivity contribution in [2.24, 2.45) is 0 Å². The SMILES string of the molecule is Cc1cc(OC2CN(S(=O)(=O)c3ccccc3Br)C2)cc(=O)n1C1CC1. The molecular formula is C18H19BrN2O4S. The fourth-order valence-corrected chi connectivity index (χ4v) is 5.67. The van der Waals surface area contributed by atoms with Crippen molar-refractivity contribution in [1.82, 2.24) is 8.87 Å². The van der Waals surface area contributed by atoms with E-state index in [2.05, 4.69) is 15.9 Å². The standard InChI is InChI=1S/C18H19BrN2O4S/c1-12-8-14(9-18(22)21(12)13-6-7-13)25-15-10-20(11-15)26(23,24)17-5-3-2-4-16(17)19/h2-5,8-9,13,15H,6-7,10-11H2,1H3. The summed E-state index contributed by atoms with van der Waals surface area (Å²) in [6.45, 7) is 2.44. The maximum atomic E-state index is 12.7. The number of hydrogen-bond donors (Lipinski definition) is 0. The molecule has 0 atom stereocenters. The second-order valence-corrected chi connectivity index (χ2v) is 9.52. The van der Waals surface area contributed by atoms with Crippen LogP contribution in [-0.2, 0) is 10.0 Å². The van der Waals surface area contributed by atoms with E-state index in [1.165, 1.54) is 10.4 Å². The topological polar surface area (TPSA) is 68.6 Å². The molecule has 2 aliphatic rings. The number of aryl methyl sites for hydroxylation is 1. The van der Waals surface area contributed by atoms with Gasteiger partial charge in [-0.05, 0) is 53.9 Å². The molecular weight excluding hydrogens is 420 g/mol. The average molecular weight is 439 g/mol. The zero-order valence-electron chi connectivity index (χ0n) is 14.3. The summed E-state index contributed by atoms with van der Waals surface area (Å²) in [5.74, 6) is 0.507. The minimum Gasteiger partial charge on any atom is -0.487 e. The van der Waals surface area contributed by atoms with Crippen LogP contribution in [0.2, 0.25) is 0 Å². The zero-order chi connectivity index (χ0) is 18.5. The molecule has 2 fully saturated rings. The Morgan fingerprint density at radius 3 is 2.46 bits per heavy atom. The predicted octanol–water partition coefficient (Wildman–Crippen LogP) is 2.71. The highest BCUT2D eigenvalue weighted by Gasteiger charge is 2.39. The minimum absolute atomic E-state index is 0.0560. The third-order valence-corrected chi connectivity index (χ3v) is 7.56. The molecule has 1 aromatic carbocycles. The van der Waals surface area contributed by atoms with Crippen molar-refractivity contribution >= 4 is 26.0 Å². The largest absolute Gasteiger partial charge is 0.487 e. The average Bonchev–Trinajstić information content (AvgIpc) is 3.34. The Hall–Kier alpha value is -1.64. The van der Waals surface area contributed by atoms with Crippen LogP contribution in [0.25, 0.3) is 0 Å². The van der Waals surface area contributed by atoms with E-state index in [9.17, 15) is 13.2 Å². The van der Waals surface area contributed by atoms with Gasteiger partial charge < -0.3 is 9.30 Å². The van der Waals surface area contributed by atoms with E-state index in [0.717, 1.165) is 18.5 Å². The lowest BCUT2D eigenvalue weighted by Gasteiger charge is -2.38. The number of halogens is 1. The molecule has 0 bridgehead atoms. The van der Waals surface area contributed by atoms with Crippen LogP contribution in [0.5, 0.6) is 5.75 Å². The van der Waals surface area contributed by atoms with Gasteiger partial charge in [0.05, 0.1) is 18.0 Å². The van der Waals surface area contributed by atoms with Gasteiger partial charge >= 0.3 is 0 Å². The molecule has 2 heterocycles. The first-order valence-corrected chi connectivity index (χ1v) is 10.7. The van der Waals surface area contributed by atoms with Crippen molar-refractivity contribution in [3.05, 3.63) is 56.9 Å². The van der Waals surface area contributed by atoms with Gasteiger partial charge in [-0.25, -0.2) is 8.42 Å². The quantitative estimate of drug-likeness (QED) is 0.719. The molecule has 0 spiro atoms. The van der Waals surface area contributed by atoms with Crippen LogP contribution in [0.15, 0.2) is 50.6 Å². The lowest BCUT2D eigenvalue weighted by Crippen LogP contribution is -2.56. The highest BCUT2D eigenvalue weighted by molar-refractivity contribution is 9.10. The molecule has 1 aromatic heterocycles. The fourth-order valence-electron chi connectivity index (χ4n) is 3.21. The van der Waals surface area contributed by atoms with E-state index in [1.807, 2.05) is 13.0 Å². The molecule has 0 radical (unpaired) electrons. The predicted molar refractivity (Wildman–Crippen MR) is 101 cm³/mol. The van der Waals surface area contributed by atoms with Crippen molar-refractivity contribution in [3.63, 3.8) is 0 Å². The molecule has 1 aliphatic carbocycles. The van der Waals surface area contributed by atoms with E-state index in [4.69, 9.17) is 4.74 Å². The molecule has 1 saturated carbocycles. The molecule has 2 aromatic rings. The van der Waals surface area contributed by atoms with E-state index in [-0.39, 0.29) is 29.6 Å². The number of hydrogen-bond acceptors (Lipinski definition) is 4. The van der Waals surface area contributed by atoms with Gasteiger partial charge in [-0.15, -0.1) is 0 Å². The van der Waals surface area contributed by atoms with Crippen molar-refractivity contribution < 1.29 is 13.2 Å². The van der Waals surface area contributed by atoms with Gasteiger partial charge in [0.25, 0.3) is 5.56 Å². The summed E-state index contributed by atoms with van der Waals surface area (Å²) in [6.07, 6.45) is 1.85. The number of aromatic nitrogens is 1. The number of rotatable bonds is 5. The summed E-state index contributed by atoms with van der Waals surface area (Å²) in [6, 6.07) is 10.4. The van der Waals surface area contributed by atoms with Gasteiger partial charge in [0.15, 0.2) is 0 Å². The first-order valence-electron chi connectivity index (χ1n) is 8.51. The summed E-state index contributed by atoms with van der Waals surface area (Å²) < 4.78 is 34.9. The second kappa shape index (κ2) is 6.51. The van der Waals surface area contributed by atoms with Crippen molar-refractivity contribution in [2.45, 2.75) is 36.8 Å². The van der Waals surface area contributed by atoms with Gasteiger partial charge in [-0.3, -0.25) is 4.79 Å². The summed E-state index contributed by atoms with van der Waals surface area (Å²) in [5, 5.41) is 0. The first-order chi connectivity index (χ1) is 12.4. The summed E-state index contributed by atoms with van der Waals surface area (Å²) in [4.78, 5) is 12.5. The number of ether oxygens (including phenoxy) is 1. The Labute approximate surface area is 160 Å². The van der Waals surface area contributed by atoms with Crippen LogP contribution >= 0.6 is 15.9 Å². The lowest BCUT2D eigenvalue weighted by atomic mass is 10.2. The fraction of sp³-hybridized carbons (Fsp3) is 0.389. The normalized spacial score (nSPS) is 18.5. The maximum absolute atomic E-state index is 12.7. The van der Waals surface area contributed by atoms with E-state index < -0.39 is 10.0 Å². The monoisotopic (exact) mass is 438 g/mol. The number of nitrogens with zero attached hydrogens (tertiary/aromatic N) is 2. The lowest BCUT2D eigenvalue weighted by molar-refractivity contribution is 0.0758. The Morgan fingerprint density at radius 2 is 1.85 bits per heavy atom. The van der Waals surface area contributed by atoms with Crippen LogP contribution in [0.1, 0.15) is 24.6 Å². The molecule has 26 heavy (non-hydrogen) atoms. The van der Waals surface area contributed by atoms with Crippen molar-refractivity contribution in [2.75, 3.05) is 13.1 Å². The van der Waals surface area contributed by atoms with Crippen molar-refractivity contribution in [1.29, 1.82) is 0 Å². The van der Waals surface area contributed by atoms with E-state index in [0.29, 0.717) is 16.3 Å². The van der Waals surface area contributed by atoms with Gasteiger partial charge in [-0.2, -0.15) is 4.31 Å². The van der Waals surface area contributed by atoms with E-state index >= 15 is 0 Å². The maximum Gasteiger partial charge on any atom is 0.254 e. The molecule has 8 heteroatoms. The molecule has 138 valence electrons. The van der Waals surface area contributed by atoms with Crippen LogP contribution in [0, 0.1) is 6.92 Å². The van der Waals surface area contributed by atoms with E-state index in [1.54, 1.807) is 28.8 Å². The molecule has 0 amide bonds. The second-order valence-electron chi connectivity index (χ2n) is 6.76. The van der Waals surface area contributed by atoms with Crippen LogP contribution in [-0.4, -0.2) is 36.5 Å². The first kappa shape index (κ1) is 17.8. The smallest absolute Gasteiger partial charge is 0.254 e. The minimum atomic E-state index is -3.54. The molecule has 1 aliphatic heterocycles. The van der Waals surface area contributed by atoms with Crippen LogP contribution in [0.4, 0.5) is 0 Å².